The third-order valence-corrected chi connectivity index (χ3v) is 2.84. The molecule has 0 bridgehead atoms. The molecule has 0 aromatic carbocycles. The number of ether oxygens (including phenoxy) is 2. The van der Waals surface area contributed by atoms with Gasteiger partial charge in [0, 0.05) is 12.3 Å². The summed E-state index contributed by atoms with van der Waals surface area (Å²) in [5.74, 6) is 0.188. The first-order valence-corrected chi connectivity index (χ1v) is 4.63. The van der Waals surface area contributed by atoms with E-state index in [1.54, 1.807) is 6.92 Å². The van der Waals surface area contributed by atoms with Crippen LogP contribution in [0.4, 0.5) is 0 Å². The standard InChI is InChI=1S/C10H12O4/c1-5-8(10(12)13-2)6-3-4-7(11)9(6)14-5/h6,9H,3-4H2,1-2H3. The van der Waals surface area contributed by atoms with Crippen molar-refractivity contribution in [3.05, 3.63) is 11.3 Å². The summed E-state index contributed by atoms with van der Waals surface area (Å²) in [5, 5.41) is 0. The normalized spacial score (nSPS) is 30.3. The van der Waals surface area contributed by atoms with Crippen LogP contribution in [0.15, 0.2) is 11.3 Å². The third kappa shape index (κ3) is 1.14. The predicted octanol–water partition coefficient (Wildman–Crippen LogP) is 0.811. The van der Waals surface area contributed by atoms with Gasteiger partial charge in [-0.25, -0.2) is 4.79 Å². The van der Waals surface area contributed by atoms with Crippen molar-refractivity contribution in [3.8, 4) is 0 Å². The maximum absolute atomic E-state index is 11.4. The van der Waals surface area contributed by atoms with Gasteiger partial charge in [0.25, 0.3) is 0 Å². The fourth-order valence-corrected chi connectivity index (χ4v) is 2.18. The Kier molecular flexibility index (Phi) is 2.06. The van der Waals surface area contributed by atoms with Crippen molar-refractivity contribution >= 4 is 11.8 Å². The van der Waals surface area contributed by atoms with E-state index >= 15 is 0 Å². The molecule has 0 N–H and O–H groups in total. The highest BCUT2D eigenvalue weighted by molar-refractivity contribution is 5.95. The summed E-state index contributed by atoms with van der Waals surface area (Å²) in [6.07, 6.45) is 0.776. The van der Waals surface area contributed by atoms with Crippen LogP contribution in [-0.2, 0) is 19.1 Å². The second-order valence-corrected chi connectivity index (χ2v) is 3.61. The molecule has 76 valence electrons. The molecule has 4 heteroatoms. The van der Waals surface area contributed by atoms with Crippen molar-refractivity contribution < 1.29 is 19.1 Å². The summed E-state index contributed by atoms with van der Waals surface area (Å²) >= 11 is 0. The molecule has 2 aliphatic rings. The first kappa shape index (κ1) is 9.24. The van der Waals surface area contributed by atoms with Gasteiger partial charge >= 0.3 is 5.97 Å². The average molecular weight is 196 g/mol. The molecule has 1 fully saturated rings. The summed E-state index contributed by atoms with van der Waals surface area (Å²) < 4.78 is 10.0. The lowest BCUT2D eigenvalue weighted by molar-refractivity contribution is -0.136. The van der Waals surface area contributed by atoms with Gasteiger partial charge in [-0.3, -0.25) is 4.79 Å². The van der Waals surface area contributed by atoms with Crippen LogP contribution < -0.4 is 0 Å². The van der Waals surface area contributed by atoms with Crippen molar-refractivity contribution in [2.45, 2.75) is 25.9 Å². The highest BCUT2D eigenvalue weighted by Crippen LogP contribution is 2.40. The summed E-state index contributed by atoms with van der Waals surface area (Å²) in [5.41, 5.74) is 0.545. The zero-order valence-corrected chi connectivity index (χ0v) is 8.20. The van der Waals surface area contributed by atoms with Gasteiger partial charge in [-0.2, -0.15) is 0 Å². The van der Waals surface area contributed by atoms with E-state index in [-0.39, 0.29) is 17.7 Å². The van der Waals surface area contributed by atoms with Gasteiger partial charge < -0.3 is 9.47 Å². The van der Waals surface area contributed by atoms with Crippen molar-refractivity contribution in [2.75, 3.05) is 7.11 Å². The summed E-state index contributed by atoms with van der Waals surface area (Å²) in [4.78, 5) is 22.8. The number of fused-ring (bicyclic) bond motifs is 1. The largest absolute Gasteiger partial charge is 0.486 e. The van der Waals surface area contributed by atoms with E-state index in [9.17, 15) is 9.59 Å². The van der Waals surface area contributed by atoms with Gasteiger partial charge in [0.1, 0.15) is 5.76 Å². The summed E-state index contributed by atoms with van der Waals surface area (Å²) in [6.45, 7) is 1.71. The lowest BCUT2D eigenvalue weighted by atomic mass is 9.97. The molecular weight excluding hydrogens is 184 g/mol. The molecule has 0 amide bonds. The fraction of sp³-hybridized carbons (Fsp3) is 0.600. The molecule has 2 rings (SSSR count). The van der Waals surface area contributed by atoms with Crippen LogP contribution in [0.2, 0.25) is 0 Å². The number of carbonyl (C=O) groups excluding carboxylic acids is 2. The lowest BCUT2D eigenvalue weighted by Crippen LogP contribution is -2.21. The molecule has 0 aromatic rings. The Morgan fingerprint density at radius 2 is 2.29 bits per heavy atom. The molecule has 2 atom stereocenters. The second kappa shape index (κ2) is 3.12. The first-order valence-electron chi connectivity index (χ1n) is 4.63. The van der Waals surface area contributed by atoms with E-state index in [0.717, 1.165) is 0 Å². The van der Waals surface area contributed by atoms with Crippen LogP contribution in [0, 0.1) is 5.92 Å². The number of hydrogen-bond acceptors (Lipinski definition) is 4. The molecule has 1 aliphatic heterocycles. The Hall–Kier alpha value is -1.32. The molecule has 4 nitrogen and oxygen atoms in total. The maximum atomic E-state index is 11.4. The predicted molar refractivity (Wildman–Crippen MR) is 47.3 cm³/mol. The van der Waals surface area contributed by atoms with E-state index in [2.05, 4.69) is 4.74 Å². The first-order chi connectivity index (χ1) is 6.65. The number of ketones is 1. The van der Waals surface area contributed by atoms with Crippen LogP contribution in [0.5, 0.6) is 0 Å². The van der Waals surface area contributed by atoms with Crippen LogP contribution in [-0.4, -0.2) is 25.0 Å². The molecule has 14 heavy (non-hydrogen) atoms. The molecule has 0 spiro atoms. The Labute approximate surface area is 81.9 Å². The zero-order valence-electron chi connectivity index (χ0n) is 8.20. The van der Waals surface area contributed by atoms with Crippen molar-refractivity contribution in [2.24, 2.45) is 5.92 Å². The Balaban J connectivity index is 2.28. The highest BCUT2D eigenvalue weighted by Gasteiger charge is 2.46. The highest BCUT2D eigenvalue weighted by atomic mass is 16.5. The molecule has 1 saturated carbocycles. The number of carbonyl (C=O) groups is 2. The Bertz CT molecular complexity index is 329. The molecule has 1 aliphatic carbocycles. The Morgan fingerprint density at radius 1 is 1.57 bits per heavy atom. The van der Waals surface area contributed by atoms with Crippen LogP contribution in [0.25, 0.3) is 0 Å². The van der Waals surface area contributed by atoms with E-state index in [4.69, 9.17) is 4.74 Å². The number of allylic oxidation sites excluding steroid dienone is 1. The van der Waals surface area contributed by atoms with E-state index in [0.29, 0.717) is 24.2 Å². The van der Waals surface area contributed by atoms with Crippen molar-refractivity contribution in [3.63, 3.8) is 0 Å². The second-order valence-electron chi connectivity index (χ2n) is 3.61. The number of methoxy groups -OCH3 is 1. The molecular formula is C10H12O4. The van der Waals surface area contributed by atoms with Crippen LogP contribution in [0.3, 0.4) is 0 Å². The maximum Gasteiger partial charge on any atom is 0.337 e. The SMILES string of the molecule is COC(=O)C1=C(C)OC2C(=O)CCC12. The summed E-state index contributed by atoms with van der Waals surface area (Å²) in [7, 11) is 1.34. The molecule has 0 saturated heterocycles. The van der Waals surface area contributed by atoms with Gasteiger partial charge in [0.2, 0.25) is 0 Å². The topological polar surface area (TPSA) is 52.6 Å². The average Bonchev–Trinajstić information content (AvgIpc) is 2.65. The van der Waals surface area contributed by atoms with Crippen LogP contribution >= 0.6 is 0 Å². The molecule has 1 heterocycles. The quantitative estimate of drug-likeness (QED) is 0.582. The van der Waals surface area contributed by atoms with E-state index in [1.807, 2.05) is 0 Å². The van der Waals surface area contributed by atoms with Gasteiger partial charge in [-0.1, -0.05) is 0 Å². The van der Waals surface area contributed by atoms with E-state index < -0.39 is 6.10 Å². The van der Waals surface area contributed by atoms with Gasteiger partial charge in [0.15, 0.2) is 11.9 Å². The van der Waals surface area contributed by atoms with E-state index in [1.165, 1.54) is 7.11 Å². The minimum Gasteiger partial charge on any atom is -0.486 e. The monoisotopic (exact) mass is 196 g/mol. The number of rotatable bonds is 1. The van der Waals surface area contributed by atoms with Gasteiger partial charge in [-0.15, -0.1) is 0 Å². The van der Waals surface area contributed by atoms with Crippen LogP contribution in [0.1, 0.15) is 19.8 Å². The van der Waals surface area contributed by atoms with Gasteiger partial charge in [-0.05, 0) is 13.3 Å². The fourth-order valence-electron chi connectivity index (χ4n) is 2.18. The number of esters is 1. The number of Topliss-reactive ketones (excluding diaryl/α,β-unsaturated/α-hetero) is 1. The lowest BCUT2D eigenvalue weighted by Gasteiger charge is -2.08. The van der Waals surface area contributed by atoms with Crippen molar-refractivity contribution in [1.82, 2.24) is 0 Å². The third-order valence-electron chi connectivity index (χ3n) is 2.84. The number of hydrogen-bond donors (Lipinski definition) is 0. The summed E-state index contributed by atoms with van der Waals surface area (Å²) in [6, 6.07) is 0. The molecule has 2 unspecified atom stereocenters. The molecule has 0 aromatic heterocycles. The van der Waals surface area contributed by atoms with Gasteiger partial charge in [0.05, 0.1) is 12.7 Å². The minimum absolute atomic E-state index is 0.0741. The smallest absolute Gasteiger partial charge is 0.337 e. The van der Waals surface area contributed by atoms with Crippen molar-refractivity contribution in [1.29, 1.82) is 0 Å². The Morgan fingerprint density at radius 3 is 2.93 bits per heavy atom. The minimum atomic E-state index is -0.427. The molecule has 0 radical (unpaired) electrons. The zero-order chi connectivity index (χ0) is 10.3.